The van der Waals surface area contributed by atoms with Crippen molar-refractivity contribution in [1.29, 1.82) is 0 Å². The Balaban J connectivity index is 1.20. The van der Waals surface area contributed by atoms with Crippen LogP contribution in [-0.4, -0.2) is 20.7 Å². The van der Waals surface area contributed by atoms with Gasteiger partial charge in [0.15, 0.2) is 0 Å². The summed E-state index contributed by atoms with van der Waals surface area (Å²) in [4.78, 5) is 20.6. The van der Waals surface area contributed by atoms with E-state index in [1.54, 1.807) is 0 Å². The number of fused-ring (bicyclic) bond motifs is 4. The van der Waals surface area contributed by atoms with Gasteiger partial charge in [-0.2, -0.15) is 0 Å². The van der Waals surface area contributed by atoms with E-state index >= 15 is 0 Å². The van der Waals surface area contributed by atoms with Crippen LogP contribution in [0.3, 0.4) is 0 Å². The van der Waals surface area contributed by atoms with Crippen LogP contribution in [0.5, 0.6) is 0 Å². The van der Waals surface area contributed by atoms with Crippen LogP contribution in [0.25, 0.3) is 66.5 Å². The van der Waals surface area contributed by atoms with Crippen LogP contribution in [0.15, 0.2) is 147 Å². The molecule has 0 bridgehead atoms. The zero-order valence-corrected chi connectivity index (χ0v) is 29.4. The fourth-order valence-electron chi connectivity index (χ4n) is 6.05. The highest BCUT2D eigenvalue weighted by Gasteiger charge is 2.12. The number of pyridine rings is 3. The Hall–Kier alpha value is -5.04. The lowest BCUT2D eigenvalue weighted by Crippen LogP contribution is -1.95. The highest BCUT2D eigenvalue weighted by atomic mass is 79.9. The number of hydrogen-bond acceptors (Lipinski definition) is 4. The lowest BCUT2D eigenvalue weighted by Gasteiger charge is -2.11. The molecule has 0 aliphatic rings. The number of rotatable bonds is 5. The molecule has 5 aromatic carbocycles. The first-order chi connectivity index (χ1) is 23.4. The van der Waals surface area contributed by atoms with Crippen LogP contribution in [0.2, 0.25) is 0 Å². The molecular formula is C42H28Br2N4. The van der Waals surface area contributed by atoms with Crippen LogP contribution in [-0.2, 0) is 0 Å². The summed E-state index contributed by atoms with van der Waals surface area (Å²) >= 11 is 7.06. The van der Waals surface area contributed by atoms with Gasteiger partial charge in [-0.25, -0.2) is 15.0 Å². The maximum absolute atomic E-state index is 5.19. The average Bonchev–Trinajstić information content (AvgIpc) is 3.12. The summed E-state index contributed by atoms with van der Waals surface area (Å²) in [5.41, 5.74) is 12.5. The van der Waals surface area contributed by atoms with E-state index in [0.29, 0.717) is 0 Å². The van der Waals surface area contributed by atoms with E-state index in [-0.39, 0.29) is 0 Å². The van der Waals surface area contributed by atoms with E-state index in [9.17, 15) is 0 Å². The first kappa shape index (κ1) is 30.3. The van der Waals surface area contributed by atoms with E-state index in [2.05, 4.69) is 148 Å². The minimum atomic E-state index is 0.886. The van der Waals surface area contributed by atoms with Gasteiger partial charge in [0.2, 0.25) is 0 Å². The van der Waals surface area contributed by atoms with Gasteiger partial charge in [0, 0.05) is 47.5 Å². The van der Waals surface area contributed by atoms with Gasteiger partial charge < -0.3 is 0 Å². The highest BCUT2D eigenvalue weighted by Crippen LogP contribution is 2.34. The molecule has 8 aromatic rings. The lowest BCUT2D eigenvalue weighted by atomic mass is 10.0. The minimum Gasteiger partial charge on any atom is -0.251 e. The molecule has 0 saturated heterocycles. The molecule has 0 unspecified atom stereocenters. The van der Waals surface area contributed by atoms with Gasteiger partial charge in [-0.15, -0.1) is 0 Å². The molecular weight excluding hydrogens is 720 g/mol. The van der Waals surface area contributed by atoms with Gasteiger partial charge in [0.1, 0.15) is 0 Å². The quantitative estimate of drug-likeness (QED) is 0.130. The third-order valence-corrected chi connectivity index (χ3v) is 9.75. The Morgan fingerprint density at radius 3 is 1.54 bits per heavy atom. The van der Waals surface area contributed by atoms with E-state index in [1.807, 2.05) is 31.2 Å². The molecule has 0 aliphatic carbocycles. The second kappa shape index (κ2) is 12.5. The molecule has 230 valence electrons. The zero-order chi connectivity index (χ0) is 32.8. The van der Waals surface area contributed by atoms with E-state index in [0.717, 1.165) is 98.0 Å². The van der Waals surface area contributed by atoms with E-state index in [1.165, 1.54) is 0 Å². The summed E-state index contributed by atoms with van der Waals surface area (Å²) in [5, 5.41) is 3.17. The molecule has 3 heterocycles. The summed E-state index contributed by atoms with van der Waals surface area (Å²) in [5.74, 6) is 0. The third kappa shape index (κ3) is 5.83. The summed E-state index contributed by atoms with van der Waals surface area (Å²) in [6, 6.07) is 46.0. The molecule has 0 aliphatic heterocycles. The first-order valence-electron chi connectivity index (χ1n) is 15.7. The fourth-order valence-corrected chi connectivity index (χ4v) is 6.58. The van der Waals surface area contributed by atoms with Gasteiger partial charge in [0.25, 0.3) is 0 Å². The van der Waals surface area contributed by atoms with Gasteiger partial charge >= 0.3 is 0 Å². The van der Waals surface area contributed by atoms with Crippen LogP contribution >= 0.6 is 31.9 Å². The molecule has 4 nitrogen and oxygen atoms in total. The minimum absolute atomic E-state index is 0.886. The largest absolute Gasteiger partial charge is 0.251 e. The van der Waals surface area contributed by atoms with Crippen molar-refractivity contribution in [3.05, 3.63) is 154 Å². The Labute approximate surface area is 295 Å². The number of benzene rings is 5. The number of hydrogen-bond donors (Lipinski definition) is 0. The highest BCUT2D eigenvalue weighted by molar-refractivity contribution is 9.10. The molecule has 0 atom stereocenters. The van der Waals surface area contributed by atoms with Crippen molar-refractivity contribution in [2.45, 2.75) is 13.8 Å². The number of aliphatic imine (C=N–C) groups is 1. The fraction of sp³-hybridized carbons (Fsp3) is 0.0476. The molecule has 0 radical (unpaired) electrons. The smallest absolute Gasteiger partial charge is 0.0972 e. The van der Waals surface area contributed by atoms with Crippen molar-refractivity contribution in [2.75, 3.05) is 0 Å². The van der Waals surface area contributed by atoms with Crippen molar-refractivity contribution in [1.82, 2.24) is 15.0 Å². The predicted molar refractivity (Wildman–Crippen MR) is 207 cm³/mol. The molecule has 8 rings (SSSR count). The molecule has 0 fully saturated rings. The van der Waals surface area contributed by atoms with Crippen LogP contribution in [0.4, 0.5) is 5.69 Å². The molecule has 48 heavy (non-hydrogen) atoms. The van der Waals surface area contributed by atoms with Gasteiger partial charge in [-0.05, 0) is 73.5 Å². The van der Waals surface area contributed by atoms with Crippen molar-refractivity contribution in [3.8, 4) is 33.8 Å². The summed E-state index contributed by atoms with van der Waals surface area (Å²) in [6.07, 6.45) is 0. The van der Waals surface area contributed by atoms with Gasteiger partial charge in [-0.1, -0.05) is 117 Å². The summed E-state index contributed by atoms with van der Waals surface area (Å²) < 4.78 is 2.09. The topological polar surface area (TPSA) is 51.0 Å². The number of nitrogens with zero attached hydrogens (tertiary/aromatic N) is 4. The molecule has 0 saturated carbocycles. The Bertz CT molecular complexity index is 2540. The van der Waals surface area contributed by atoms with E-state index in [4.69, 9.17) is 19.9 Å². The molecule has 6 heteroatoms. The number of aryl methyl sites for hydroxylation is 1. The molecule has 0 N–H and O–H groups in total. The summed E-state index contributed by atoms with van der Waals surface area (Å²) in [7, 11) is 0. The SMILES string of the molecule is CC(=Nc1c(C)ccc2ccc(-c3cccc(-c4ccc5ccc6ccc(-c7ccc(Br)cc7)nc6c5n4)c3)nc12)c1ccc(Br)cc1. The second-order valence-corrected chi connectivity index (χ2v) is 13.7. The summed E-state index contributed by atoms with van der Waals surface area (Å²) in [6.45, 7) is 4.14. The van der Waals surface area contributed by atoms with Crippen LogP contribution < -0.4 is 0 Å². The molecule has 3 aromatic heterocycles. The first-order valence-corrected chi connectivity index (χ1v) is 17.3. The number of halogens is 2. The zero-order valence-electron chi connectivity index (χ0n) is 26.2. The molecule has 0 spiro atoms. The van der Waals surface area contributed by atoms with E-state index < -0.39 is 0 Å². The van der Waals surface area contributed by atoms with Gasteiger partial charge in [-0.3, -0.25) is 4.99 Å². The maximum atomic E-state index is 5.19. The average molecular weight is 749 g/mol. The standard InChI is InChI=1S/C42H28Br2N4/c1-25-6-7-29-15-22-37(47-40(29)39(25)45-26(2)27-10-17-34(43)18-11-27)32-4-3-5-33(24-32)38-23-16-31-9-8-30-14-21-36(46-41(30)42(31)48-38)28-12-19-35(44)20-13-28/h3-24H,1-2H3. The van der Waals surface area contributed by atoms with Crippen molar-refractivity contribution in [2.24, 2.45) is 4.99 Å². The predicted octanol–water partition coefficient (Wildman–Crippen LogP) is 12.3. The number of aromatic nitrogens is 3. The monoisotopic (exact) mass is 746 g/mol. The maximum Gasteiger partial charge on any atom is 0.0972 e. The Morgan fingerprint density at radius 1 is 0.500 bits per heavy atom. The normalized spacial score (nSPS) is 11.9. The van der Waals surface area contributed by atoms with Crippen molar-refractivity contribution < 1.29 is 0 Å². The lowest BCUT2D eigenvalue weighted by molar-refractivity contribution is 1.34. The van der Waals surface area contributed by atoms with Crippen molar-refractivity contribution >= 4 is 76.0 Å². The van der Waals surface area contributed by atoms with Crippen molar-refractivity contribution in [3.63, 3.8) is 0 Å². The van der Waals surface area contributed by atoms with Gasteiger partial charge in [0.05, 0.1) is 39.3 Å². The third-order valence-electron chi connectivity index (χ3n) is 8.69. The van der Waals surface area contributed by atoms with Crippen LogP contribution in [0, 0.1) is 6.92 Å². The second-order valence-electron chi connectivity index (χ2n) is 11.9. The molecule has 0 amide bonds. The van der Waals surface area contributed by atoms with Crippen LogP contribution in [0.1, 0.15) is 18.1 Å². The Morgan fingerprint density at radius 2 is 0.958 bits per heavy atom. The Kier molecular flexibility index (Phi) is 7.91.